The molecule has 0 spiro atoms. The molecule has 2 aromatic carbocycles. The lowest BCUT2D eigenvalue weighted by Crippen LogP contribution is -2.39. The second-order valence-electron chi connectivity index (χ2n) is 8.25. The first-order valence-electron chi connectivity index (χ1n) is 11.0. The molecule has 0 N–H and O–H groups in total. The van der Waals surface area contributed by atoms with Crippen LogP contribution in [0.2, 0.25) is 0 Å². The van der Waals surface area contributed by atoms with Gasteiger partial charge in [0.2, 0.25) is 5.91 Å². The van der Waals surface area contributed by atoms with E-state index in [0.29, 0.717) is 37.4 Å². The van der Waals surface area contributed by atoms with Crippen LogP contribution in [0.3, 0.4) is 0 Å². The topological polar surface area (TPSA) is 61.7 Å². The minimum absolute atomic E-state index is 0.0215. The first-order chi connectivity index (χ1) is 15.5. The number of nitrogens with zero attached hydrogens (tertiary/aromatic N) is 5. The second kappa shape index (κ2) is 9.78. The molecule has 1 saturated heterocycles. The number of amides is 2. The summed E-state index contributed by atoms with van der Waals surface area (Å²) in [5, 5.41) is 4.77. The van der Waals surface area contributed by atoms with Gasteiger partial charge in [0, 0.05) is 52.0 Å². The molecule has 3 aromatic rings. The van der Waals surface area contributed by atoms with E-state index in [1.54, 1.807) is 23.7 Å². The van der Waals surface area contributed by atoms with Crippen LogP contribution < -0.4 is 0 Å². The van der Waals surface area contributed by atoms with E-state index in [9.17, 15) is 9.59 Å². The van der Waals surface area contributed by atoms with Crippen molar-refractivity contribution < 1.29 is 9.59 Å². The van der Waals surface area contributed by atoms with E-state index >= 15 is 0 Å². The number of carbonyl (C=O) groups is 2. The van der Waals surface area contributed by atoms with Gasteiger partial charge in [-0.25, -0.2) is 4.68 Å². The molecule has 7 heteroatoms. The zero-order valence-corrected chi connectivity index (χ0v) is 18.6. The van der Waals surface area contributed by atoms with Crippen molar-refractivity contribution in [3.8, 4) is 16.9 Å². The SMILES string of the molecule is CN(C)C(=O)CN1CCCN(C(=O)c2cn(-c3ccccc3)nc2-c2ccccc2)CC1. The van der Waals surface area contributed by atoms with Crippen LogP contribution in [0, 0.1) is 0 Å². The number of hydrogen-bond donors (Lipinski definition) is 0. The van der Waals surface area contributed by atoms with Gasteiger partial charge in [-0.05, 0) is 18.6 Å². The van der Waals surface area contributed by atoms with Gasteiger partial charge in [0.05, 0.1) is 17.8 Å². The Morgan fingerprint density at radius 2 is 1.59 bits per heavy atom. The van der Waals surface area contributed by atoms with Crippen LogP contribution >= 0.6 is 0 Å². The molecular weight excluding hydrogens is 402 g/mol. The van der Waals surface area contributed by atoms with Gasteiger partial charge in [0.15, 0.2) is 0 Å². The normalized spacial score (nSPS) is 14.8. The smallest absolute Gasteiger partial charge is 0.257 e. The Morgan fingerprint density at radius 1 is 0.906 bits per heavy atom. The second-order valence-corrected chi connectivity index (χ2v) is 8.25. The van der Waals surface area contributed by atoms with Gasteiger partial charge < -0.3 is 9.80 Å². The summed E-state index contributed by atoms with van der Waals surface area (Å²) < 4.78 is 1.77. The van der Waals surface area contributed by atoms with Crippen LogP contribution in [0.1, 0.15) is 16.8 Å². The van der Waals surface area contributed by atoms with Crippen molar-refractivity contribution in [3.05, 3.63) is 72.4 Å². The summed E-state index contributed by atoms with van der Waals surface area (Å²) >= 11 is 0. The highest BCUT2D eigenvalue weighted by atomic mass is 16.2. The monoisotopic (exact) mass is 431 g/mol. The summed E-state index contributed by atoms with van der Waals surface area (Å²) in [6.45, 7) is 3.12. The third-order valence-electron chi connectivity index (χ3n) is 5.75. The van der Waals surface area contributed by atoms with Gasteiger partial charge in [-0.2, -0.15) is 5.10 Å². The van der Waals surface area contributed by atoms with E-state index < -0.39 is 0 Å². The molecule has 0 radical (unpaired) electrons. The van der Waals surface area contributed by atoms with E-state index in [0.717, 1.165) is 24.2 Å². The molecule has 4 rings (SSSR count). The highest BCUT2D eigenvalue weighted by molar-refractivity contribution is 6.00. The Balaban J connectivity index is 1.59. The minimum Gasteiger partial charge on any atom is -0.348 e. The summed E-state index contributed by atoms with van der Waals surface area (Å²) in [6, 6.07) is 19.6. The summed E-state index contributed by atoms with van der Waals surface area (Å²) in [4.78, 5) is 31.3. The van der Waals surface area contributed by atoms with Crippen LogP contribution in [-0.2, 0) is 4.79 Å². The molecule has 2 amide bonds. The lowest BCUT2D eigenvalue weighted by molar-refractivity contribution is -0.129. The average Bonchev–Trinajstić information content (AvgIpc) is 3.14. The molecule has 0 unspecified atom stereocenters. The predicted octanol–water partition coefficient (Wildman–Crippen LogP) is 2.78. The molecule has 0 saturated carbocycles. The Labute approximate surface area is 188 Å². The fourth-order valence-electron chi connectivity index (χ4n) is 3.89. The molecule has 0 aliphatic carbocycles. The fourth-order valence-corrected chi connectivity index (χ4v) is 3.89. The number of benzene rings is 2. The third-order valence-corrected chi connectivity index (χ3v) is 5.75. The van der Waals surface area contributed by atoms with Gasteiger partial charge in [-0.15, -0.1) is 0 Å². The maximum absolute atomic E-state index is 13.6. The van der Waals surface area contributed by atoms with Gasteiger partial charge in [0.1, 0.15) is 5.69 Å². The molecule has 7 nitrogen and oxygen atoms in total. The quantitative estimate of drug-likeness (QED) is 0.623. The predicted molar refractivity (Wildman–Crippen MR) is 125 cm³/mol. The Bertz CT molecular complexity index is 1060. The van der Waals surface area contributed by atoms with Crippen molar-refractivity contribution in [1.82, 2.24) is 24.5 Å². The highest BCUT2D eigenvalue weighted by Crippen LogP contribution is 2.25. The van der Waals surface area contributed by atoms with Crippen molar-refractivity contribution in [2.75, 3.05) is 46.8 Å². The first-order valence-corrected chi connectivity index (χ1v) is 11.0. The van der Waals surface area contributed by atoms with Crippen LogP contribution in [-0.4, -0.2) is 83.1 Å². The van der Waals surface area contributed by atoms with Gasteiger partial charge in [-0.1, -0.05) is 48.5 Å². The molecule has 2 heterocycles. The molecule has 1 aliphatic heterocycles. The van der Waals surface area contributed by atoms with Gasteiger partial charge in [-0.3, -0.25) is 14.5 Å². The maximum Gasteiger partial charge on any atom is 0.257 e. The number of para-hydroxylation sites is 1. The van der Waals surface area contributed by atoms with Gasteiger partial charge >= 0.3 is 0 Å². The van der Waals surface area contributed by atoms with Gasteiger partial charge in [0.25, 0.3) is 5.91 Å². The van der Waals surface area contributed by atoms with Crippen molar-refractivity contribution in [2.24, 2.45) is 0 Å². The molecule has 0 bridgehead atoms. The zero-order chi connectivity index (χ0) is 22.5. The van der Waals surface area contributed by atoms with Crippen molar-refractivity contribution in [2.45, 2.75) is 6.42 Å². The first kappa shape index (κ1) is 21.8. The van der Waals surface area contributed by atoms with E-state index in [1.165, 1.54) is 0 Å². The highest BCUT2D eigenvalue weighted by Gasteiger charge is 2.26. The van der Waals surface area contributed by atoms with Crippen LogP contribution in [0.5, 0.6) is 0 Å². The molecular formula is C25H29N5O2. The fraction of sp³-hybridized carbons (Fsp3) is 0.320. The number of likely N-dealkylation sites (N-methyl/N-ethyl adjacent to an activating group) is 1. The molecule has 1 aromatic heterocycles. The largest absolute Gasteiger partial charge is 0.348 e. The number of aromatic nitrogens is 2. The average molecular weight is 432 g/mol. The summed E-state index contributed by atoms with van der Waals surface area (Å²) in [7, 11) is 3.54. The van der Waals surface area contributed by atoms with E-state index in [2.05, 4.69) is 4.90 Å². The third kappa shape index (κ3) is 4.89. The van der Waals surface area contributed by atoms with Crippen LogP contribution in [0.25, 0.3) is 16.9 Å². The Morgan fingerprint density at radius 3 is 2.28 bits per heavy atom. The lowest BCUT2D eigenvalue weighted by Gasteiger charge is -2.22. The summed E-state index contributed by atoms with van der Waals surface area (Å²) in [5.74, 6) is 0.0621. The molecule has 166 valence electrons. The van der Waals surface area contributed by atoms with E-state index in [4.69, 9.17) is 5.10 Å². The lowest BCUT2D eigenvalue weighted by atomic mass is 10.1. The Kier molecular flexibility index (Phi) is 6.66. The summed E-state index contributed by atoms with van der Waals surface area (Å²) in [6.07, 6.45) is 2.66. The molecule has 0 atom stereocenters. The van der Waals surface area contributed by atoms with Crippen molar-refractivity contribution in [3.63, 3.8) is 0 Å². The Hall–Kier alpha value is -3.45. The zero-order valence-electron chi connectivity index (χ0n) is 18.6. The van der Waals surface area contributed by atoms with E-state index in [-0.39, 0.29) is 11.8 Å². The number of carbonyl (C=O) groups excluding carboxylic acids is 2. The van der Waals surface area contributed by atoms with Crippen molar-refractivity contribution in [1.29, 1.82) is 0 Å². The minimum atomic E-state index is -0.0215. The van der Waals surface area contributed by atoms with Crippen LogP contribution in [0.4, 0.5) is 0 Å². The summed E-state index contributed by atoms with van der Waals surface area (Å²) in [5.41, 5.74) is 3.10. The molecule has 1 aliphatic rings. The molecule has 32 heavy (non-hydrogen) atoms. The standard InChI is InChI=1S/C25H29N5O2/c1-27(2)23(31)19-28-14-9-15-29(17-16-28)25(32)22-18-30(21-12-7-4-8-13-21)26-24(22)20-10-5-3-6-11-20/h3-8,10-13,18H,9,14-17,19H2,1-2H3. The van der Waals surface area contributed by atoms with Crippen molar-refractivity contribution >= 4 is 11.8 Å². The maximum atomic E-state index is 13.6. The van der Waals surface area contributed by atoms with E-state index in [1.807, 2.05) is 71.8 Å². The molecule has 1 fully saturated rings. The number of rotatable bonds is 5. The van der Waals surface area contributed by atoms with Crippen LogP contribution in [0.15, 0.2) is 66.9 Å². The number of hydrogen-bond acceptors (Lipinski definition) is 4.